The second-order valence-electron chi connectivity index (χ2n) is 11.1. The Morgan fingerprint density at radius 3 is 2.64 bits per heavy atom. The predicted octanol–water partition coefficient (Wildman–Crippen LogP) is 4.11. The number of rotatable bonds is 9. The Kier molecular flexibility index (Phi) is 8.78. The number of hydrogen-bond donors (Lipinski definition) is 0. The van der Waals surface area contributed by atoms with Crippen molar-refractivity contribution in [2.24, 2.45) is 0 Å². The van der Waals surface area contributed by atoms with Gasteiger partial charge in [-0.05, 0) is 82.1 Å². The summed E-state index contributed by atoms with van der Waals surface area (Å²) >= 11 is 0. The molecule has 8 heteroatoms. The normalized spacial score (nSPS) is 20.0. The molecule has 1 atom stereocenters. The van der Waals surface area contributed by atoms with E-state index in [1.807, 2.05) is 25.7 Å². The lowest BCUT2D eigenvalue weighted by atomic mass is 9.89. The van der Waals surface area contributed by atoms with E-state index in [1.54, 1.807) is 12.0 Å². The maximum absolute atomic E-state index is 13.6. The third-order valence-corrected chi connectivity index (χ3v) is 6.85. The van der Waals surface area contributed by atoms with Gasteiger partial charge in [0.25, 0.3) is 5.91 Å². The van der Waals surface area contributed by atoms with Crippen molar-refractivity contribution in [2.45, 2.75) is 90.0 Å². The van der Waals surface area contributed by atoms with Crippen LogP contribution in [0.15, 0.2) is 12.1 Å². The summed E-state index contributed by atoms with van der Waals surface area (Å²) in [5.74, 6) is 0.901. The van der Waals surface area contributed by atoms with E-state index >= 15 is 0 Å². The molecule has 0 radical (unpaired) electrons. The van der Waals surface area contributed by atoms with Crippen LogP contribution in [-0.2, 0) is 38.4 Å². The first-order chi connectivity index (χ1) is 17.2. The number of carbonyl (C=O) groups excluding carboxylic acids is 2. The Balaban J connectivity index is 1.46. The van der Waals surface area contributed by atoms with Gasteiger partial charge in [-0.15, -0.1) is 0 Å². The van der Waals surface area contributed by atoms with Crippen LogP contribution in [0.4, 0.5) is 4.79 Å². The number of hydrogen-bond acceptors (Lipinski definition) is 6. The average molecular weight is 503 g/mol. The molecule has 1 aromatic rings. The van der Waals surface area contributed by atoms with Gasteiger partial charge in [0.2, 0.25) is 0 Å². The van der Waals surface area contributed by atoms with Crippen LogP contribution < -0.4 is 4.74 Å². The lowest BCUT2D eigenvalue weighted by Gasteiger charge is -2.36. The van der Waals surface area contributed by atoms with Crippen LogP contribution in [0.2, 0.25) is 0 Å². The lowest BCUT2D eigenvalue weighted by Crippen LogP contribution is -2.53. The first kappa shape index (κ1) is 26.7. The SMILES string of the molecule is COCCCOc1cc(CN(C(=O)[C@H]2CN(C(=O)OC(C)(C)C)CCO2)C2CC2)cc2c1CCCC2. The quantitative estimate of drug-likeness (QED) is 0.473. The van der Waals surface area contributed by atoms with Crippen molar-refractivity contribution in [3.63, 3.8) is 0 Å². The van der Waals surface area contributed by atoms with Gasteiger partial charge in [-0.1, -0.05) is 6.07 Å². The summed E-state index contributed by atoms with van der Waals surface area (Å²) in [5, 5.41) is 0. The van der Waals surface area contributed by atoms with Gasteiger partial charge >= 0.3 is 6.09 Å². The molecule has 1 saturated carbocycles. The topological polar surface area (TPSA) is 77.5 Å². The molecule has 8 nitrogen and oxygen atoms in total. The molecule has 0 N–H and O–H groups in total. The number of fused-ring (bicyclic) bond motifs is 1. The molecule has 2 amide bonds. The summed E-state index contributed by atoms with van der Waals surface area (Å²) in [6.45, 7) is 8.32. The zero-order valence-corrected chi connectivity index (χ0v) is 22.3. The highest BCUT2D eigenvalue weighted by Crippen LogP contribution is 2.34. The first-order valence-corrected chi connectivity index (χ1v) is 13.4. The predicted molar refractivity (Wildman–Crippen MR) is 136 cm³/mol. The van der Waals surface area contributed by atoms with Crippen molar-refractivity contribution in [2.75, 3.05) is 40.0 Å². The monoisotopic (exact) mass is 502 g/mol. The fraction of sp³-hybridized carbons (Fsp3) is 0.714. The fourth-order valence-corrected chi connectivity index (χ4v) is 4.94. The number of ether oxygens (including phenoxy) is 4. The van der Waals surface area contributed by atoms with E-state index in [-0.39, 0.29) is 18.5 Å². The third-order valence-electron chi connectivity index (χ3n) is 6.85. The van der Waals surface area contributed by atoms with E-state index in [1.165, 1.54) is 24.0 Å². The van der Waals surface area contributed by atoms with Gasteiger partial charge in [0.15, 0.2) is 6.10 Å². The number of morpholine rings is 1. The van der Waals surface area contributed by atoms with E-state index in [0.29, 0.717) is 32.9 Å². The molecule has 0 aromatic heterocycles. The number of nitrogens with zero attached hydrogens (tertiary/aromatic N) is 2. The molecule has 3 aliphatic rings. The van der Waals surface area contributed by atoms with Crippen molar-refractivity contribution in [3.05, 3.63) is 28.8 Å². The Bertz CT molecular complexity index is 923. The minimum atomic E-state index is -0.672. The van der Waals surface area contributed by atoms with Crippen LogP contribution in [0.3, 0.4) is 0 Å². The second-order valence-corrected chi connectivity index (χ2v) is 11.1. The Morgan fingerprint density at radius 2 is 1.92 bits per heavy atom. The molecule has 1 aromatic carbocycles. The second kappa shape index (κ2) is 11.8. The van der Waals surface area contributed by atoms with Crippen LogP contribution in [0, 0.1) is 0 Å². The molecule has 0 unspecified atom stereocenters. The van der Waals surface area contributed by atoms with E-state index in [9.17, 15) is 9.59 Å². The minimum absolute atomic E-state index is 0.0500. The molecule has 36 heavy (non-hydrogen) atoms. The number of carbonyl (C=O) groups is 2. The highest BCUT2D eigenvalue weighted by molar-refractivity contribution is 5.83. The Labute approximate surface area is 215 Å². The van der Waals surface area contributed by atoms with Crippen LogP contribution in [0.1, 0.15) is 69.6 Å². The Hall–Kier alpha value is -2.32. The van der Waals surface area contributed by atoms with Crippen LogP contribution in [0.25, 0.3) is 0 Å². The highest BCUT2D eigenvalue weighted by atomic mass is 16.6. The van der Waals surface area contributed by atoms with Gasteiger partial charge in [0.1, 0.15) is 11.4 Å². The number of aryl methyl sites for hydroxylation is 1. The number of amides is 2. The van der Waals surface area contributed by atoms with Gasteiger partial charge in [0, 0.05) is 39.3 Å². The molecular formula is C28H42N2O6. The summed E-state index contributed by atoms with van der Waals surface area (Å²) in [6, 6.07) is 4.60. The third kappa shape index (κ3) is 7.13. The highest BCUT2D eigenvalue weighted by Gasteiger charge is 2.39. The first-order valence-electron chi connectivity index (χ1n) is 13.4. The molecule has 2 aliphatic carbocycles. The van der Waals surface area contributed by atoms with Gasteiger partial charge in [-0.3, -0.25) is 4.79 Å². The molecular weight excluding hydrogens is 460 g/mol. The van der Waals surface area contributed by atoms with Crippen LogP contribution in [0.5, 0.6) is 5.75 Å². The van der Waals surface area contributed by atoms with Crippen molar-refractivity contribution in [3.8, 4) is 5.75 Å². The standard InChI is InChI=1S/C28H42N2O6/c1-28(2,3)36-27(32)29-12-15-35-25(19-29)26(31)30(22-10-11-22)18-20-16-21-8-5-6-9-23(21)24(17-20)34-14-7-13-33-4/h16-17,22,25H,5-15,18-19H2,1-4H3/t25-/m1/s1. The smallest absolute Gasteiger partial charge is 0.410 e. The fourth-order valence-electron chi connectivity index (χ4n) is 4.94. The summed E-state index contributed by atoms with van der Waals surface area (Å²) in [4.78, 5) is 29.8. The number of methoxy groups -OCH3 is 1. The molecule has 1 saturated heterocycles. The zero-order valence-electron chi connectivity index (χ0n) is 22.3. The van der Waals surface area contributed by atoms with Crippen molar-refractivity contribution in [1.82, 2.24) is 9.80 Å². The molecule has 4 rings (SSSR count). The van der Waals surface area contributed by atoms with Crippen LogP contribution in [-0.4, -0.2) is 79.6 Å². The molecule has 2 fully saturated rings. The van der Waals surface area contributed by atoms with Crippen molar-refractivity contribution >= 4 is 12.0 Å². The van der Waals surface area contributed by atoms with Crippen molar-refractivity contribution in [1.29, 1.82) is 0 Å². The molecule has 0 spiro atoms. The summed E-state index contributed by atoms with van der Waals surface area (Å²) in [7, 11) is 1.70. The Morgan fingerprint density at radius 1 is 1.14 bits per heavy atom. The van der Waals surface area contributed by atoms with E-state index in [0.717, 1.165) is 43.4 Å². The maximum atomic E-state index is 13.6. The van der Waals surface area contributed by atoms with Crippen molar-refractivity contribution < 1.29 is 28.5 Å². The summed E-state index contributed by atoms with van der Waals surface area (Å²) in [5.41, 5.74) is 3.17. The van der Waals surface area contributed by atoms with Gasteiger partial charge in [-0.2, -0.15) is 0 Å². The molecule has 0 bridgehead atoms. The van der Waals surface area contributed by atoms with E-state index in [2.05, 4.69) is 12.1 Å². The van der Waals surface area contributed by atoms with Gasteiger partial charge < -0.3 is 28.7 Å². The zero-order chi connectivity index (χ0) is 25.7. The van der Waals surface area contributed by atoms with Gasteiger partial charge in [0.05, 0.1) is 19.8 Å². The minimum Gasteiger partial charge on any atom is -0.493 e. The van der Waals surface area contributed by atoms with Crippen LogP contribution >= 0.6 is 0 Å². The summed E-state index contributed by atoms with van der Waals surface area (Å²) in [6.07, 6.45) is 6.22. The van der Waals surface area contributed by atoms with Gasteiger partial charge in [-0.25, -0.2) is 4.79 Å². The molecule has 1 aliphatic heterocycles. The summed E-state index contributed by atoms with van der Waals surface area (Å²) < 4.78 is 22.7. The molecule has 1 heterocycles. The average Bonchev–Trinajstić information content (AvgIpc) is 3.69. The maximum Gasteiger partial charge on any atom is 0.410 e. The number of benzene rings is 1. The van der Waals surface area contributed by atoms with E-state index in [4.69, 9.17) is 18.9 Å². The van der Waals surface area contributed by atoms with E-state index < -0.39 is 17.8 Å². The molecule has 200 valence electrons. The largest absolute Gasteiger partial charge is 0.493 e. The lowest BCUT2D eigenvalue weighted by molar-refractivity contribution is -0.150.